The van der Waals surface area contributed by atoms with Crippen molar-refractivity contribution in [2.75, 3.05) is 13.7 Å². The maximum atomic E-state index is 12.1. The van der Waals surface area contributed by atoms with Gasteiger partial charge in [-0.15, -0.1) is 0 Å². The summed E-state index contributed by atoms with van der Waals surface area (Å²) >= 11 is 0. The van der Waals surface area contributed by atoms with Crippen LogP contribution in [0.15, 0.2) is 0 Å². The average Bonchev–Trinajstić information content (AvgIpc) is 2.51. The van der Waals surface area contributed by atoms with Crippen molar-refractivity contribution in [1.29, 1.82) is 0 Å². The molecule has 0 radical (unpaired) electrons. The van der Waals surface area contributed by atoms with Gasteiger partial charge in [0.1, 0.15) is 11.6 Å². The highest BCUT2D eigenvalue weighted by Crippen LogP contribution is 2.35. The van der Waals surface area contributed by atoms with Gasteiger partial charge in [0, 0.05) is 6.54 Å². The van der Waals surface area contributed by atoms with Crippen molar-refractivity contribution in [2.45, 2.75) is 52.7 Å². The summed E-state index contributed by atoms with van der Waals surface area (Å²) in [5.41, 5.74) is -0.666. The van der Waals surface area contributed by atoms with Gasteiger partial charge in [-0.3, -0.25) is 4.90 Å². The molecule has 0 N–H and O–H groups in total. The monoisotopic (exact) mass is 257 g/mol. The molecule has 0 saturated carbocycles. The van der Waals surface area contributed by atoms with E-state index in [-0.39, 0.29) is 11.4 Å². The molecule has 1 fully saturated rings. The number of methoxy groups -OCH3 is 1. The van der Waals surface area contributed by atoms with Crippen LogP contribution in [-0.4, -0.2) is 42.3 Å². The quantitative estimate of drug-likeness (QED) is 0.676. The molecule has 1 amide bonds. The first kappa shape index (κ1) is 14.8. The molecular formula is C13H23NO4. The summed E-state index contributed by atoms with van der Waals surface area (Å²) in [6, 6.07) is -0.542. The van der Waals surface area contributed by atoms with Crippen LogP contribution in [0.2, 0.25) is 0 Å². The number of amides is 1. The van der Waals surface area contributed by atoms with E-state index in [2.05, 4.69) is 0 Å². The molecule has 1 aliphatic rings. The van der Waals surface area contributed by atoms with E-state index in [1.54, 1.807) is 20.8 Å². The maximum absolute atomic E-state index is 12.1. The predicted molar refractivity (Wildman–Crippen MR) is 67.1 cm³/mol. The number of rotatable bonds is 1. The molecule has 0 spiro atoms. The first-order chi connectivity index (χ1) is 8.06. The first-order valence-electron chi connectivity index (χ1n) is 6.13. The van der Waals surface area contributed by atoms with E-state index < -0.39 is 17.7 Å². The minimum Gasteiger partial charge on any atom is -0.467 e. The van der Waals surface area contributed by atoms with Gasteiger partial charge in [0.2, 0.25) is 0 Å². The normalized spacial score (nSPS) is 22.8. The topological polar surface area (TPSA) is 55.8 Å². The number of carbonyl (C=O) groups excluding carboxylic acids is 2. The number of hydrogen-bond acceptors (Lipinski definition) is 4. The number of likely N-dealkylation sites (tertiary alicyclic amines) is 1. The van der Waals surface area contributed by atoms with Crippen LogP contribution in [0.25, 0.3) is 0 Å². The Bertz CT molecular complexity index is 343. The van der Waals surface area contributed by atoms with Crippen LogP contribution < -0.4 is 0 Å². The second-order valence-electron chi connectivity index (χ2n) is 6.52. The predicted octanol–water partition coefficient (Wildman–Crippen LogP) is 2.20. The van der Waals surface area contributed by atoms with E-state index in [0.29, 0.717) is 13.0 Å². The van der Waals surface area contributed by atoms with Crippen molar-refractivity contribution in [2.24, 2.45) is 5.41 Å². The van der Waals surface area contributed by atoms with Crippen LogP contribution >= 0.6 is 0 Å². The van der Waals surface area contributed by atoms with Crippen molar-refractivity contribution in [1.82, 2.24) is 4.90 Å². The highest BCUT2D eigenvalue weighted by Gasteiger charge is 2.45. The van der Waals surface area contributed by atoms with E-state index in [0.717, 1.165) is 0 Å². The van der Waals surface area contributed by atoms with Gasteiger partial charge in [0.25, 0.3) is 0 Å². The Labute approximate surface area is 108 Å². The molecule has 5 heteroatoms. The lowest BCUT2D eigenvalue weighted by Crippen LogP contribution is -2.44. The number of carbonyl (C=O) groups is 2. The lowest BCUT2D eigenvalue weighted by Gasteiger charge is -2.27. The number of hydrogen-bond donors (Lipinski definition) is 0. The minimum atomic E-state index is -0.565. The Morgan fingerprint density at radius 2 is 1.83 bits per heavy atom. The Kier molecular flexibility index (Phi) is 3.93. The van der Waals surface area contributed by atoms with E-state index in [1.165, 1.54) is 12.0 Å². The van der Waals surface area contributed by atoms with Crippen molar-refractivity contribution >= 4 is 12.1 Å². The number of esters is 1. The van der Waals surface area contributed by atoms with E-state index >= 15 is 0 Å². The van der Waals surface area contributed by atoms with Crippen LogP contribution in [0, 0.1) is 5.41 Å². The molecule has 18 heavy (non-hydrogen) atoms. The number of nitrogens with zero attached hydrogens (tertiary/aromatic N) is 1. The van der Waals surface area contributed by atoms with Crippen LogP contribution in [-0.2, 0) is 14.3 Å². The Balaban J connectivity index is 2.84. The second-order valence-corrected chi connectivity index (χ2v) is 6.52. The molecule has 1 aliphatic heterocycles. The van der Waals surface area contributed by atoms with Gasteiger partial charge >= 0.3 is 12.1 Å². The average molecular weight is 257 g/mol. The van der Waals surface area contributed by atoms with Gasteiger partial charge < -0.3 is 9.47 Å². The van der Waals surface area contributed by atoms with Gasteiger partial charge in [0.05, 0.1) is 7.11 Å². The molecule has 1 rings (SSSR count). The van der Waals surface area contributed by atoms with Crippen molar-refractivity contribution < 1.29 is 19.1 Å². The summed E-state index contributed by atoms with van der Waals surface area (Å²) in [4.78, 5) is 25.3. The molecule has 0 aromatic rings. The third-order valence-electron chi connectivity index (χ3n) is 2.82. The summed E-state index contributed by atoms with van der Waals surface area (Å²) in [6.07, 6.45) is 0.141. The highest BCUT2D eigenvalue weighted by molar-refractivity contribution is 5.82. The van der Waals surface area contributed by atoms with E-state index in [1.807, 2.05) is 13.8 Å². The summed E-state index contributed by atoms with van der Waals surface area (Å²) in [5, 5.41) is 0. The lowest BCUT2D eigenvalue weighted by molar-refractivity contribution is -0.145. The molecule has 5 nitrogen and oxygen atoms in total. The standard InChI is InChI=1S/C13H23NO4/c1-12(2,3)18-11(16)14-8-13(4,5)7-9(14)10(15)17-6/h9H,7-8H2,1-6H3. The highest BCUT2D eigenvalue weighted by atomic mass is 16.6. The molecule has 1 saturated heterocycles. The largest absolute Gasteiger partial charge is 0.467 e. The summed E-state index contributed by atoms with van der Waals surface area (Å²) in [7, 11) is 1.33. The maximum Gasteiger partial charge on any atom is 0.411 e. The fraction of sp³-hybridized carbons (Fsp3) is 0.846. The zero-order chi connectivity index (χ0) is 14.1. The van der Waals surface area contributed by atoms with Crippen molar-refractivity contribution in [3.05, 3.63) is 0 Å². The zero-order valence-electron chi connectivity index (χ0n) is 12.1. The van der Waals surface area contributed by atoms with Crippen LogP contribution in [0.4, 0.5) is 4.79 Å². The molecule has 1 heterocycles. The van der Waals surface area contributed by atoms with Gasteiger partial charge in [-0.05, 0) is 32.6 Å². The summed E-state index contributed by atoms with van der Waals surface area (Å²) in [5.74, 6) is -0.383. The van der Waals surface area contributed by atoms with Crippen LogP contribution in [0.3, 0.4) is 0 Å². The van der Waals surface area contributed by atoms with Gasteiger partial charge in [-0.25, -0.2) is 9.59 Å². The Morgan fingerprint density at radius 3 is 2.28 bits per heavy atom. The van der Waals surface area contributed by atoms with Crippen molar-refractivity contribution in [3.8, 4) is 0 Å². The van der Waals surface area contributed by atoms with Gasteiger partial charge in [0.15, 0.2) is 0 Å². The van der Waals surface area contributed by atoms with Gasteiger partial charge in [-0.1, -0.05) is 13.8 Å². The first-order valence-corrected chi connectivity index (χ1v) is 6.13. The fourth-order valence-corrected chi connectivity index (χ4v) is 2.13. The smallest absolute Gasteiger partial charge is 0.411 e. The zero-order valence-corrected chi connectivity index (χ0v) is 12.1. The van der Waals surface area contributed by atoms with E-state index in [4.69, 9.17) is 9.47 Å². The molecule has 0 aromatic carbocycles. The molecule has 1 unspecified atom stereocenters. The minimum absolute atomic E-state index is 0.101. The Morgan fingerprint density at radius 1 is 1.28 bits per heavy atom. The van der Waals surface area contributed by atoms with E-state index in [9.17, 15) is 9.59 Å². The third kappa shape index (κ3) is 3.62. The molecule has 0 bridgehead atoms. The van der Waals surface area contributed by atoms with Crippen LogP contribution in [0.5, 0.6) is 0 Å². The SMILES string of the molecule is COC(=O)C1CC(C)(C)CN1C(=O)OC(C)(C)C. The molecule has 104 valence electrons. The lowest BCUT2D eigenvalue weighted by atomic mass is 9.91. The van der Waals surface area contributed by atoms with Crippen molar-refractivity contribution in [3.63, 3.8) is 0 Å². The molecule has 0 aliphatic carbocycles. The van der Waals surface area contributed by atoms with Crippen LogP contribution in [0.1, 0.15) is 41.0 Å². The molecule has 0 aromatic heterocycles. The molecule has 1 atom stereocenters. The summed E-state index contributed by atoms with van der Waals surface area (Å²) in [6.45, 7) is 9.96. The third-order valence-corrected chi connectivity index (χ3v) is 2.82. The Hall–Kier alpha value is -1.26. The fourth-order valence-electron chi connectivity index (χ4n) is 2.13. The summed E-state index contributed by atoms with van der Waals surface area (Å²) < 4.78 is 10.1. The molecular weight excluding hydrogens is 234 g/mol. The second kappa shape index (κ2) is 4.78. The number of ether oxygens (including phenoxy) is 2. The van der Waals surface area contributed by atoms with Gasteiger partial charge in [-0.2, -0.15) is 0 Å².